The maximum atomic E-state index is 12.9. The Hall–Kier alpha value is -1.71. The van der Waals surface area contributed by atoms with Gasteiger partial charge in [0.2, 0.25) is 0 Å². The number of anilines is 1. The van der Waals surface area contributed by atoms with Crippen molar-refractivity contribution in [2.24, 2.45) is 0 Å². The second kappa shape index (κ2) is 6.54. The number of benzene rings is 1. The molecule has 1 unspecified atom stereocenters. The van der Waals surface area contributed by atoms with Gasteiger partial charge in [-0.25, -0.2) is 4.79 Å². The van der Waals surface area contributed by atoms with Gasteiger partial charge < -0.3 is 10.0 Å². The quantitative estimate of drug-likeness (QED) is 0.574. The van der Waals surface area contributed by atoms with E-state index in [1.165, 1.54) is 6.92 Å². The molecule has 0 aliphatic carbocycles. The Morgan fingerprint density at radius 1 is 1.36 bits per heavy atom. The van der Waals surface area contributed by atoms with Gasteiger partial charge in [-0.2, -0.15) is 0 Å². The van der Waals surface area contributed by atoms with Gasteiger partial charge in [0.25, 0.3) is 11.8 Å². The summed E-state index contributed by atoms with van der Waals surface area (Å²) in [7, 11) is 0. The van der Waals surface area contributed by atoms with E-state index in [-0.39, 0.29) is 20.7 Å². The number of fused-ring (bicyclic) bond motifs is 1. The van der Waals surface area contributed by atoms with E-state index in [1.54, 1.807) is 11.0 Å². The zero-order valence-electron chi connectivity index (χ0n) is 13.3. The lowest BCUT2D eigenvalue weighted by Gasteiger charge is -2.18. The molecular formula is C16H13BrN2O4S2. The third kappa shape index (κ3) is 2.80. The van der Waals surface area contributed by atoms with Crippen molar-refractivity contribution in [2.45, 2.75) is 19.9 Å². The molecule has 0 aromatic heterocycles. The van der Waals surface area contributed by atoms with E-state index >= 15 is 0 Å². The van der Waals surface area contributed by atoms with Gasteiger partial charge in [0.15, 0.2) is 0 Å². The van der Waals surface area contributed by atoms with Crippen LogP contribution >= 0.6 is 39.9 Å². The lowest BCUT2D eigenvalue weighted by atomic mass is 10.1. The second-order valence-electron chi connectivity index (χ2n) is 5.47. The first-order valence-electron chi connectivity index (χ1n) is 7.42. The van der Waals surface area contributed by atoms with Crippen LogP contribution in [0.5, 0.6) is 0 Å². The summed E-state index contributed by atoms with van der Waals surface area (Å²) in [4.78, 5) is 39.7. The molecule has 130 valence electrons. The highest BCUT2D eigenvalue weighted by Gasteiger charge is 2.44. The summed E-state index contributed by atoms with van der Waals surface area (Å²) >= 11 is 9.54. The van der Waals surface area contributed by atoms with Gasteiger partial charge in [-0.1, -0.05) is 39.9 Å². The van der Waals surface area contributed by atoms with Gasteiger partial charge in [0, 0.05) is 16.6 Å². The number of likely N-dealkylation sites (N-methyl/N-ethyl adjacent to an activating group) is 1. The van der Waals surface area contributed by atoms with Crippen LogP contribution in [-0.2, 0) is 14.4 Å². The Morgan fingerprint density at radius 2 is 2.04 bits per heavy atom. The van der Waals surface area contributed by atoms with Gasteiger partial charge in [-0.3, -0.25) is 14.5 Å². The molecule has 3 rings (SSSR count). The Morgan fingerprint density at radius 3 is 2.64 bits per heavy atom. The van der Waals surface area contributed by atoms with Crippen molar-refractivity contribution in [3.8, 4) is 0 Å². The number of hydrogen-bond acceptors (Lipinski definition) is 5. The fourth-order valence-electron chi connectivity index (χ4n) is 2.81. The number of aliphatic carboxylic acids is 1. The van der Waals surface area contributed by atoms with Crippen LogP contribution in [0.15, 0.2) is 27.6 Å². The molecule has 1 aromatic carbocycles. The largest absolute Gasteiger partial charge is 0.480 e. The van der Waals surface area contributed by atoms with Crippen LogP contribution in [-0.4, -0.2) is 44.7 Å². The van der Waals surface area contributed by atoms with E-state index in [0.717, 1.165) is 26.8 Å². The summed E-state index contributed by atoms with van der Waals surface area (Å²) in [5.41, 5.74) is 1.64. The average molecular weight is 441 g/mol. The van der Waals surface area contributed by atoms with Crippen LogP contribution in [0.3, 0.4) is 0 Å². The first-order chi connectivity index (χ1) is 11.8. The Kier molecular flexibility index (Phi) is 4.74. The van der Waals surface area contributed by atoms with Gasteiger partial charge in [0.1, 0.15) is 10.4 Å². The lowest BCUT2D eigenvalue weighted by Crippen LogP contribution is -2.41. The van der Waals surface area contributed by atoms with Crippen LogP contribution in [0.4, 0.5) is 5.69 Å². The van der Waals surface area contributed by atoms with Crippen LogP contribution in [0, 0.1) is 0 Å². The molecule has 0 saturated carbocycles. The average Bonchev–Trinajstić information content (AvgIpc) is 2.98. The number of carboxylic acids is 1. The molecule has 2 amide bonds. The summed E-state index contributed by atoms with van der Waals surface area (Å²) in [5.74, 6) is -1.98. The number of carbonyl (C=O) groups excluding carboxylic acids is 2. The van der Waals surface area contributed by atoms with E-state index in [1.807, 2.05) is 19.1 Å². The monoisotopic (exact) mass is 440 g/mol. The molecule has 1 N–H and O–H groups in total. The minimum Gasteiger partial charge on any atom is -0.480 e. The highest BCUT2D eigenvalue weighted by molar-refractivity contribution is 9.10. The van der Waals surface area contributed by atoms with E-state index in [4.69, 9.17) is 12.2 Å². The minimum atomic E-state index is -1.15. The molecule has 6 nitrogen and oxygen atoms in total. The van der Waals surface area contributed by atoms with Crippen molar-refractivity contribution >= 4 is 73.3 Å². The van der Waals surface area contributed by atoms with Crippen LogP contribution in [0.1, 0.15) is 19.4 Å². The minimum absolute atomic E-state index is 0.140. The molecule has 2 aliphatic heterocycles. The molecule has 25 heavy (non-hydrogen) atoms. The van der Waals surface area contributed by atoms with E-state index in [9.17, 15) is 19.5 Å². The third-order valence-corrected chi connectivity index (χ3v) is 5.96. The number of rotatable bonds is 3. The first-order valence-corrected chi connectivity index (χ1v) is 9.44. The number of thiocarbonyl (C=S) groups is 1. The van der Waals surface area contributed by atoms with Crippen molar-refractivity contribution in [3.63, 3.8) is 0 Å². The van der Waals surface area contributed by atoms with Gasteiger partial charge >= 0.3 is 5.97 Å². The van der Waals surface area contributed by atoms with E-state index in [0.29, 0.717) is 12.1 Å². The van der Waals surface area contributed by atoms with Crippen LogP contribution < -0.4 is 4.90 Å². The van der Waals surface area contributed by atoms with Crippen molar-refractivity contribution in [1.29, 1.82) is 0 Å². The number of carbonyl (C=O) groups is 3. The van der Waals surface area contributed by atoms with Crippen LogP contribution in [0.25, 0.3) is 5.57 Å². The summed E-state index contributed by atoms with van der Waals surface area (Å²) in [6.45, 7) is 3.70. The highest BCUT2D eigenvalue weighted by atomic mass is 79.9. The summed E-state index contributed by atoms with van der Waals surface area (Å²) in [6.07, 6.45) is 0. The molecule has 0 bridgehead atoms. The third-order valence-electron chi connectivity index (χ3n) is 4.06. The molecular weight excluding hydrogens is 428 g/mol. The predicted molar refractivity (Wildman–Crippen MR) is 103 cm³/mol. The number of carboxylic acid groups (broad SMARTS) is 1. The molecule has 2 aliphatic rings. The number of amides is 2. The fourth-order valence-corrected chi connectivity index (χ4v) is 4.66. The maximum Gasteiger partial charge on any atom is 0.326 e. The molecule has 1 fully saturated rings. The fraction of sp³-hybridized carbons (Fsp3) is 0.250. The SMILES string of the molecule is CCN1C(=O)/C(=C2\SC(=S)N(C(C)C(=O)O)C2=O)c2cc(Br)ccc21. The van der Waals surface area contributed by atoms with Crippen molar-refractivity contribution in [1.82, 2.24) is 4.90 Å². The Labute approximate surface area is 162 Å². The molecule has 1 saturated heterocycles. The molecule has 0 spiro atoms. The van der Waals surface area contributed by atoms with E-state index in [2.05, 4.69) is 15.9 Å². The zero-order valence-corrected chi connectivity index (χ0v) is 16.5. The summed E-state index contributed by atoms with van der Waals surface area (Å²) < 4.78 is 0.922. The first kappa shape index (κ1) is 18.1. The van der Waals surface area contributed by atoms with Gasteiger partial charge in [0.05, 0.1) is 16.2 Å². The second-order valence-corrected chi connectivity index (χ2v) is 8.03. The van der Waals surface area contributed by atoms with Gasteiger partial charge in [-0.15, -0.1) is 0 Å². The number of halogens is 1. The topological polar surface area (TPSA) is 77.9 Å². The lowest BCUT2D eigenvalue weighted by molar-refractivity contribution is -0.144. The van der Waals surface area contributed by atoms with E-state index < -0.39 is 17.9 Å². The van der Waals surface area contributed by atoms with Gasteiger partial charge in [-0.05, 0) is 32.0 Å². The smallest absolute Gasteiger partial charge is 0.326 e. The molecule has 9 heteroatoms. The Balaban J connectivity index is 2.17. The molecule has 1 atom stereocenters. The van der Waals surface area contributed by atoms with Crippen molar-refractivity contribution < 1.29 is 19.5 Å². The molecule has 2 heterocycles. The standard InChI is InChI=1S/C16H13BrN2O4S2/c1-3-18-10-5-4-8(17)6-9(10)11(13(18)20)12-14(21)19(16(24)25-12)7(2)15(22)23/h4-7H,3H2,1-2H3,(H,22,23)/b12-11-. The molecule has 0 radical (unpaired) electrons. The number of nitrogens with zero attached hydrogens (tertiary/aromatic N) is 2. The maximum absolute atomic E-state index is 12.9. The normalized spacial score (nSPS) is 21.2. The highest BCUT2D eigenvalue weighted by Crippen LogP contribution is 2.45. The summed E-state index contributed by atoms with van der Waals surface area (Å²) in [6, 6.07) is 4.33. The van der Waals surface area contributed by atoms with Crippen molar-refractivity contribution in [2.75, 3.05) is 11.4 Å². The predicted octanol–water partition coefficient (Wildman–Crippen LogP) is 2.86. The molecule has 1 aromatic rings. The number of thioether (sulfide) groups is 1. The zero-order chi connectivity index (χ0) is 18.5. The Bertz CT molecular complexity index is 868. The van der Waals surface area contributed by atoms with Crippen LogP contribution in [0.2, 0.25) is 0 Å². The number of hydrogen-bond donors (Lipinski definition) is 1. The van der Waals surface area contributed by atoms with Crippen molar-refractivity contribution in [3.05, 3.63) is 33.1 Å². The summed E-state index contributed by atoms with van der Waals surface area (Å²) in [5, 5.41) is 9.20.